The fourth-order valence-electron chi connectivity index (χ4n) is 4.05. The molecule has 2 aliphatic rings. The van der Waals surface area contributed by atoms with Gasteiger partial charge in [0.1, 0.15) is 0 Å². The van der Waals surface area contributed by atoms with Crippen molar-refractivity contribution in [2.45, 2.75) is 25.2 Å². The van der Waals surface area contributed by atoms with Crippen LogP contribution in [0.5, 0.6) is 11.5 Å². The standard InChI is InChI=1S/C25H21NO5.H2/c1-15-5-7-19(13-20(15)16-3-2-4-17(11-16)23(27)28)26-24(29)25(9-10-25)18-6-8-21-22(12-18)31-14-30-21;/h2-8,11-13H,9-10,14H2,1H3,(H,26,29)(H,27,28);1H. The highest BCUT2D eigenvalue weighted by molar-refractivity contribution is 6.02. The number of rotatable bonds is 5. The maximum Gasteiger partial charge on any atom is 0.335 e. The van der Waals surface area contributed by atoms with Gasteiger partial charge in [-0.1, -0.05) is 24.3 Å². The number of aromatic carboxylic acids is 1. The topological polar surface area (TPSA) is 84.9 Å². The molecule has 0 aromatic heterocycles. The number of anilines is 1. The first kappa shape index (κ1) is 19.2. The highest BCUT2D eigenvalue weighted by Crippen LogP contribution is 2.51. The molecular weight excluding hydrogens is 394 g/mol. The molecular formula is C25H23NO5. The fraction of sp³-hybridized carbons (Fsp3) is 0.200. The minimum absolute atomic E-state index is 0. The van der Waals surface area contributed by atoms with Gasteiger partial charge in [0.15, 0.2) is 11.5 Å². The quantitative estimate of drug-likeness (QED) is 0.610. The number of aryl methyl sites for hydroxylation is 1. The Bertz CT molecular complexity index is 1220. The minimum atomic E-state index is -0.969. The number of fused-ring (bicyclic) bond motifs is 1. The van der Waals surface area contributed by atoms with Crippen molar-refractivity contribution < 1.29 is 25.6 Å². The molecule has 5 rings (SSSR count). The summed E-state index contributed by atoms with van der Waals surface area (Å²) in [5.41, 5.74) is 3.95. The molecule has 2 N–H and O–H groups in total. The van der Waals surface area contributed by atoms with Crippen molar-refractivity contribution in [2.75, 3.05) is 12.1 Å². The van der Waals surface area contributed by atoms with Crippen LogP contribution in [0.25, 0.3) is 11.1 Å². The lowest BCUT2D eigenvalue weighted by Crippen LogP contribution is -2.27. The zero-order valence-electron chi connectivity index (χ0n) is 17.0. The monoisotopic (exact) mass is 417 g/mol. The van der Waals surface area contributed by atoms with Gasteiger partial charge >= 0.3 is 5.97 Å². The molecule has 0 radical (unpaired) electrons. The van der Waals surface area contributed by atoms with Crippen molar-refractivity contribution in [1.82, 2.24) is 0 Å². The first-order chi connectivity index (χ1) is 15.0. The second kappa shape index (κ2) is 7.16. The largest absolute Gasteiger partial charge is 0.478 e. The van der Waals surface area contributed by atoms with Crippen LogP contribution >= 0.6 is 0 Å². The molecule has 1 aliphatic carbocycles. The zero-order chi connectivity index (χ0) is 21.6. The predicted octanol–water partition coefficient (Wildman–Crippen LogP) is 5.01. The Hall–Kier alpha value is -3.80. The Morgan fingerprint density at radius 3 is 2.58 bits per heavy atom. The summed E-state index contributed by atoms with van der Waals surface area (Å²) < 4.78 is 10.8. The first-order valence-electron chi connectivity index (χ1n) is 10.1. The van der Waals surface area contributed by atoms with Gasteiger partial charge in [-0.15, -0.1) is 0 Å². The van der Waals surface area contributed by atoms with Crippen LogP contribution in [0.2, 0.25) is 0 Å². The van der Waals surface area contributed by atoms with Gasteiger partial charge in [-0.2, -0.15) is 0 Å². The average molecular weight is 417 g/mol. The van der Waals surface area contributed by atoms with Crippen molar-refractivity contribution in [3.8, 4) is 22.6 Å². The smallest absolute Gasteiger partial charge is 0.335 e. The molecule has 1 saturated carbocycles. The van der Waals surface area contributed by atoms with E-state index in [0.717, 1.165) is 35.1 Å². The molecule has 0 saturated heterocycles. The van der Waals surface area contributed by atoms with Gasteiger partial charge in [0.25, 0.3) is 0 Å². The lowest BCUT2D eigenvalue weighted by atomic mass is 9.94. The Morgan fingerprint density at radius 2 is 1.81 bits per heavy atom. The van der Waals surface area contributed by atoms with Crippen molar-refractivity contribution in [1.29, 1.82) is 0 Å². The average Bonchev–Trinajstić information content (AvgIpc) is 3.46. The molecule has 6 nitrogen and oxygen atoms in total. The third-order valence-corrected chi connectivity index (χ3v) is 6.03. The number of carbonyl (C=O) groups is 2. The summed E-state index contributed by atoms with van der Waals surface area (Å²) in [6.07, 6.45) is 1.55. The van der Waals surface area contributed by atoms with Crippen LogP contribution in [0.4, 0.5) is 5.69 Å². The summed E-state index contributed by atoms with van der Waals surface area (Å²) in [6, 6.07) is 18.2. The number of amides is 1. The van der Waals surface area contributed by atoms with Gasteiger partial charge in [-0.25, -0.2) is 4.79 Å². The number of carbonyl (C=O) groups excluding carboxylic acids is 1. The highest BCUT2D eigenvalue weighted by atomic mass is 16.7. The van der Waals surface area contributed by atoms with E-state index >= 15 is 0 Å². The van der Waals surface area contributed by atoms with E-state index in [-0.39, 0.29) is 19.7 Å². The fourth-order valence-corrected chi connectivity index (χ4v) is 4.05. The van der Waals surface area contributed by atoms with E-state index in [0.29, 0.717) is 17.2 Å². The molecule has 0 spiro atoms. The Morgan fingerprint density at radius 1 is 1.00 bits per heavy atom. The lowest BCUT2D eigenvalue weighted by molar-refractivity contribution is -0.118. The van der Waals surface area contributed by atoms with E-state index in [1.165, 1.54) is 0 Å². The van der Waals surface area contributed by atoms with E-state index in [4.69, 9.17) is 9.47 Å². The van der Waals surface area contributed by atoms with Crippen LogP contribution in [0.3, 0.4) is 0 Å². The SMILES string of the molecule is Cc1ccc(NC(=O)C2(c3ccc4c(c3)OCO4)CC2)cc1-c1cccc(C(=O)O)c1.[HH]. The van der Waals surface area contributed by atoms with E-state index < -0.39 is 11.4 Å². The number of hydrogen-bond donors (Lipinski definition) is 2. The molecule has 1 heterocycles. The molecule has 0 unspecified atom stereocenters. The molecule has 6 heteroatoms. The number of carboxylic acids is 1. The molecule has 1 amide bonds. The molecule has 31 heavy (non-hydrogen) atoms. The Labute approximate surface area is 180 Å². The predicted molar refractivity (Wildman–Crippen MR) is 118 cm³/mol. The summed E-state index contributed by atoms with van der Waals surface area (Å²) in [5, 5.41) is 12.3. The molecule has 158 valence electrons. The van der Waals surface area contributed by atoms with Gasteiger partial charge in [-0.05, 0) is 78.4 Å². The van der Waals surface area contributed by atoms with Gasteiger partial charge < -0.3 is 19.9 Å². The van der Waals surface area contributed by atoms with Gasteiger partial charge in [0.05, 0.1) is 11.0 Å². The number of nitrogens with one attached hydrogen (secondary N) is 1. The van der Waals surface area contributed by atoms with E-state index in [1.54, 1.807) is 18.2 Å². The normalized spacial score (nSPS) is 15.4. The molecule has 1 fully saturated rings. The third kappa shape index (κ3) is 3.40. The van der Waals surface area contributed by atoms with Crippen LogP contribution < -0.4 is 14.8 Å². The Kier molecular flexibility index (Phi) is 4.43. The Balaban J connectivity index is 0.00000245. The molecule has 1 aliphatic heterocycles. The van der Waals surface area contributed by atoms with E-state index in [1.807, 2.05) is 49.4 Å². The van der Waals surface area contributed by atoms with Crippen molar-refractivity contribution in [2.24, 2.45) is 0 Å². The van der Waals surface area contributed by atoms with Gasteiger partial charge in [-0.3, -0.25) is 4.79 Å². The van der Waals surface area contributed by atoms with Gasteiger partial charge in [0.2, 0.25) is 12.7 Å². The maximum absolute atomic E-state index is 13.2. The van der Waals surface area contributed by atoms with Crippen LogP contribution in [0.15, 0.2) is 60.7 Å². The summed E-state index contributed by atoms with van der Waals surface area (Å²) in [7, 11) is 0. The molecule has 0 bridgehead atoms. The number of hydrogen-bond acceptors (Lipinski definition) is 4. The molecule has 3 aromatic rings. The summed E-state index contributed by atoms with van der Waals surface area (Å²) >= 11 is 0. The van der Waals surface area contributed by atoms with Crippen molar-refractivity contribution in [3.05, 3.63) is 77.4 Å². The minimum Gasteiger partial charge on any atom is -0.478 e. The number of carboxylic acid groups (broad SMARTS) is 1. The summed E-state index contributed by atoms with van der Waals surface area (Å²) in [5.74, 6) is 0.350. The van der Waals surface area contributed by atoms with E-state index in [2.05, 4.69) is 5.32 Å². The first-order valence-corrected chi connectivity index (χ1v) is 10.1. The molecule has 3 aromatic carbocycles. The van der Waals surface area contributed by atoms with Crippen molar-refractivity contribution >= 4 is 17.6 Å². The highest BCUT2D eigenvalue weighted by Gasteiger charge is 2.51. The summed E-state index contributed by atoms with van der Waals surface area (Å²) in [4.78, 5) is 24.5. The van der Waals surface area contributed by atoms with Crippen molar-refractivity contribution in [3.63, 3.8) is 0 Å². The van der Waals surface area contributed by atoms with Crippen LogP contribution in [0, 0.1) is 6.92 Å². The second-order valence-electron chi connectivity index (χ2n) is 8.02. The number of benzene rings is 3. The zero-order valence-corrected chi connectivity index (χ0v) is 17.0. The third-order valence-electron chi connectivity index (χ3n) is 6.03. The van der Waals surface area contributed by atoms with Crippen LogP contribution in [0.1, 0.15) is 35.8 Å². The summed E-state index contributed by atoms with van der Waals surface area (Å²) in [6.45, 7) is 2.16. The van der Waals surface area contributed by atoms with Gasteiger partial charge in [0, 0.05) is 7.11 Å². The van der Waals surface area contributed by atoms with Crippen LogP contribution in [-0.4, -0.2) is 23.8 Å². The second-order valence-corrected chi connectivity index (χ2v) is 8.02. The maximum atomic E-state index is 13.2. The van der Waals surface area contributed by atoms with E-state index in [9.17, 15) is 14.7 Å². The molecule has 0 atom stereocenters. The van der Waals surface area contributed by atoms with Crippen LogP contribution in [-0.2, 0) is 10.2 Å². The lowest BCUT2D eigenvalue weighted by Gasteiger charge is -2.17. The number of ether oxygens (including phenoxy) is 2.